The summed E-state index contributed by atoms with van der Waals surface area (Å²) in [5.41, 5.74) is 1.84. The normalized spacial score (nSPS) is 25.6. The Morgan fingerprint density at radius 2 is 1.78 bits per heavy atom. The summed E-state index contributed by atoms with van der Waals surface area (Å²) < 4.78 is 11.2. The highest BCUT2D eigenvalue weighted by molar-refractivity contribution is 5.67. The van der Waals surface area contributed by atoms with Crippen LogP contribution in [0, 0.1) is 16.7 Å². The van der Waals surface area contributed by atoms with Crippen molar-refractivity contribution >= 4 is 6.09 Å². The van der Waals surface area contributed by atoms with Gasteiger partial charge in [0.2, 0.25) is 0 Å². The molecule has 2 saturated carbocycles. The van der Waals surface area contributed by atoms with Crippen molar-refractivity contribution in [2.45, 2.75) is 44.4 Å². The summed E-state index contributed by atoms with van der Waals surface area (Å²) in [6.07, 6.45) is 3.69. The number of nitrogens with zero attached hydrogens (tertiary/aromatic N) is 1. The van der Waals surface area contributed by atoms with Crippen molar-refractivity contribution in [1.82, 2.24) is 5.32 Å². The number of amides is 1. The number of benzene rings is 2. The minimum absolute atomic E-state index is 0.158. The Morgan fingerprint density at radius 1 is 1.07 bits per heavy atom. The molecule has 0 atom stereocenters. The highest BCUT2D eigenvalue weighted by atomic mass is 16.5. The van der Waals surface area contributed by atoms with Crippen molar-refractivity contribution < 1.29 is 14.3 Å². The van der Waals surface area contributed by atoms with Gasteiger partial charge in [0.25, 0.3) is 0 Å². The molecule has 0 radical (unpaired) electrons. The zero-order valence-corrected chi connectivity index (χ0v) is 15.1. The third-order valence-electron chi connectivity index (χ3n) is 5.52. The number of hydrogen-bond donors (Lipinski definition) is 1. The van der Waals surface area contributed by atoms with Crippen LogP contribution in [0.15, 0.2) is 54.6 Å². The summed E-state index contributed by atoms with van der Waals surface area (Å²) in [5, 5.41) is 12.1. The van der Waals surface area contributed by atoms with E-state index in [1.165, 1.54) is 0 Å². The van der Waals surface area contributed by atoms with Gasteiger partial charge in [-0.2, -0.15) is 5.26 Å². The Labute approximate surface area is 158 Å². The molecule has 27 heavy (non-hydrogen) atoms. The number of ether oxygens (including phenoxy) is 2. The average molecular weight is 362 g/mol. The second-order valence-corrected chi connectivity index (χ2v) is 7.57. The molecular weight excluding hydrogens is 340 g/mol. The molecule has 1 amide bonds. The molecule has 5 nitrogen and oxygen atoms in total. The molecule has 4 rings (SSSR count). The van der Waals surface area contributed by atoms with E-state index >= 15 is 0 Å². The van der Waals surface area contributed by atoms with E-state index in [-0.39, 0.29) is 23.7 Å². The lowest BCUT2D eigenvalue weighted by molar-refractivity contribution is -0.0843. The van der Waals surface area contributed by atoms with Gasteiger partial charge in [-0.25, -0.2) is 4.79 Å². The van der Waals surface area contributed by atoms with E-state index in [1.54, 1.807) is 6.07 Å². The average Bonchev–Trinajstić information content (AvgIpc) is 2.64. The topological polar surface area (TPSA) is 71.3 Å². The number of nitriles is 1. The fraction of sp³-hybridized carbons (Fsp3) is 0.364. The third-order valence-corrected chi connectivity index (χ3v) is 5.52. The van der Waals surface area contributed by atoms with E-state index in [0.717, 1.165) is 31.2 Å². The minimum atomic E-state index is -0.353. The summed E-state index contributed by atoms with van der Waals surface area (Å²) in [4.78, 5) is 11.9. The van der Waals surface area contributed by atoms with Crippen LogP contribution in [-0.4, -0.2) is 18.2 Å². The molecule has 2 aromatic carbocycles. The van der Waals surface area contributed by atoms with E-state index in [9.17, 15) is 4.79 Å². The Morgan fingerprint density at radius 3 is 2.52 bits per heavy atom. The molecule has 0 unspecified atom stereocenters. The quantitative estimate of drug-likeness (QED) is 0.866. The molecular formula is C22H22N2O3. The first-order valence-electron chi connectivity index (χ1n) is 9.29. The van der Waals surface area contributed by atoms with Gasteiger partial charge < -0.3 is 14.8 Å². The predicted octanol–water partition coefficient (Wildman–Crippen LogP) is 4.17. The Kier molecular flexibility index (Phi) is 4.72. The molecule has 2 aliphatic carbocycles. The van der Waals surface area contributed by atoms with Crippen LogP contribution >= 0.6 is 0 Å². The molecule has 1 N–H and O–H groups in total. The Hall–Kier alpha value is -3.00. The highest BCUT2D eigenvalue weighted by Crippen LogP contribution is 2.56. The Bertz CT molecular complexity index is 845. The van der Waals surface area contributed by atoms with Gasteiger partial charge in [0.15, 0.2) is 0 Å². The van der Waals surface area contributed by atoms with E-state index in [2.05, 4.69) is 11.4 Å². The van der Waals surface area contributed by atoms with Gasteiger partial charge in [-0.05, 0) is 48.8 Å². The van der Waals surface area contributed by atoms with Crippen LogP contribution in [0.25, 0.3) is 0 Å². The Balaban J connectivity index is 1.17. The summed E-state index contributed by atoms with van der Waals surface area (Å²) in [6, 6.07) is 19.3. The van der Waals surface area contributed by atoms with Crippen LogP contribution in [0.4, 0.5) is 4.79 Å². The van der Waals surface area contributed by atoms with Crippen molar-refractivity contribution in [3.05, 3.63) is 65.7 Å². The van der Waals surface area contributed by atoms with Gasteiger partial charge in [0.1, 0.15) is 18.4 Å². The number of para-hydroxylation sites is 1. The fourth-order valence-electron chi connectivity index (χ4n) is 4.18. The van der Waals surface area contributed by atoms with Crippen LogP contribution < -0.4 is 10.1 Å². The van der Waals surface area contributed by atoms with Crippen LogP contribution in [-0.2, 0) is 11.3 Å². The first kappa shape index (κ1) is 17.4. The summed E-state index contributed by atoms with van der Waals surface area (Å²) in [6.45, 7) is 0.290. The molecule has 0 aliphatic heterocycles. The molecule has 2 fully saturated rings. The number of carbonyl (C=O) groups excluding carboxylic acids is 1. The number of rotatable bonds is 5. The molecule has 138 valence electrons. The van der Waals surface area contributed by atoms with E-state index < -0.39 is 0 Å². The maximum atomic E-state index is 11.9. The molecule has 0 aromatic heterocycles. The first-order valence-corrected chi connectivity index (χ1v) is 9.29. The number of carbonyl (C=O) groups is 1. The van der Waals surface area contributed by atoms with E-state index in [0.29, 0.717) is 17.9 Å². The largest absolute Gasteiger partial charge is 0.489 e. The molecule has 0 bridgehead atoms. The molecule has 0 saturated heterocycles. The van der Waals surface area contributed by atoms with Crippen molar-refractivity contribution in [2.75, 3.05) is 0 Å². The van der Waals surface area contributed by atoms with Gasteiger partial charge in [0, 0.05) is 6.04 Å². The van der Waals surface area contributed by atoms with E-state index in [1.807, 2.05) is 48.5 Å². The number of nitrogens with one attached hydrogen (secondary N) is 1. The van der Waals surface area contributed by atoms with Gasteiger partial charge in [-0.15, -0.1) is 0 Å². The fourth-order valence-corrected chi connectivity index (χ4v) is 4.18. The molecule has 2 aromatic rings. The highest BCUT2D eigenvalue weighted by Gasteiger charge is 2.54. The SMILES string of the molecule is N#Cc1ccccc1OC1CC2(CC(NC(=O)OCc3ccccc3)C2)C1. The van der Waals surface area contributed by atoms with Crippen LogP contribution in [0.1, 0.15) is 36.8 Å². The van der Waals surface area contributed by atoms with Crippen molar-refractivity contribution in [2.24, 2.45) is 5.41 Å². The third kappa shape index (κ3) is 3.90. The zero-order valence-electron chi connectivity index (χ0n) is 15.1. The molecule has 1 spiro atoms. The van der Waals surface area contributed by atoms with Crippen molar-refractivity contribution in [3.63, 3.8) is 0 Å². The zero-order chi connectivity index (χ0) is 18.7. The van der Waals surface area contributed by atoms with Crippen LogP contribution in [0.2, 0.25) is 0 Å². The summed E-state index contributed by atoms with van der Waals surface area (Å²) >= 11 is 0. The lowest BCUT2D eigenvalue weighted by atomic mass is 9.53. The van der Waals surface area contributed by atoms with Gasteiger partial charge >= 0.3 is 6.09 Å². The minimum Gasteiger partial charge on any atom is -0.489 e. The van der Waals surface area contributed by atoms with Crippen LogP contribution in [0.3, 0.4) is 0 Å². The summed E-state index contributed by atoms with van der Waals surface area (Å²) in [7, 11) is 0. The van der Waals surface area contributed by atoms with Gasteiger partial charge in [-0.1, -0.05) is 42.5 Å². The monoisotopic (exact) mass is 362 g/mol. The van der Waals surface area contributed by atoms with Crippen molar-refractivity contribution in [3.8, 4) is 11.8 Å². The molecule has 0 heterocycles. The lowest BCUT2D eigenvalue weighted by Crippen LogP contribution is -2.58. The molecule has 5 heteroatoms. The second kappa shape index (κ2) is 7.32. The first-order chi connectivity index (χ1) is 13.2. The maximum absolute atomic E-state index is 11.9. The predicted molar refractivity (Wildman–Crippen MR) is 100 cm³/mol. The van der Waals surface area contributed by atoms with Crippen molar-refractivity contribution in [1.29, 1.82) is 5.26 Å². The summed E-state index contributed by atoms with van der Waals surface area (Å²) in [5.74, 6) is 0.665. The smallest absolute Gasteiger partial charge is 0.407 e. The maximum Gasteiger partial charge on any atom is 0.407 e. The van der Waals surface area contributed by atoms with Gasteiger partial charge in [-0.3, -0.25) is 0 Å². The standard InChI is InChI=1S/C22H22N2O3/c23-14-17-8-4-5-9-20(17)27-19-12-22(13-19)10-18(11-22)24-21(25)26-15-16-6-2-1-3-7-16/h1-9,18-19H,10-13,15H2,(H,24,25). The molecule has 2 aliphatic rings. The van der Waals surface area contributed by atoms with Crippen LogP contribution in [0.5, 0.6) is 5.75 Å². The second-order valence-electron chi connectivity index (χ2n) is 7.57. The van der Waals surface area contributed by atoms with E-state index in [4.69, 9.17) is 14.7 Å². The number of hydrogen-bond acceptors (Lipinski definition) is 4. The lowest BCUT2D eigenvalue weighted by Gasteiger charge is -2.57. The van der Waals surface area contributed by atoms with Gasteiger partial charge in [0.05, 0.1) is 11.7 Å². The number of alkyl carbamates (subject to hydrolysis) is 1.